The molecule has 0 bridgehead atoms. The van der Waals surface area contributed by atoms with E-state index in [0.717, 1.165) is 43.2 Å². The summed E-state index contributed by atoms with van der Waals surface area (Å²) < 4.78 is 5.38. The average Bonchev–Trinajstić information content (AvgIpc) is 3.13. The third-order valence-corrected chi connectivity index (χ3v) is 9.34. The maximum absolute atomic E-state index is 13.2. The fraction of sp³-hybridized carbons (Fsp3) is 0.696. The third-order valence-electron chi connectivity index (χ3n) is 9.34. The first-order valence-electron chi connectivity index (χ1n) is 10.6. The fourth-order valence-electron chi connectivity index (χ4n) is 8.44. The highest BCUT2D eigenvalue weighted by Gasteiger charge is 2.83. The van der Waals surface area contributed by atoms with Gasteiger partial charge in [0.1, 0.15) is 0 Å². The number of methoxy groups -OCH3 is 1. The molecule has 0 N–H and O–H groups in total. The van der Waals surface area contributed by atoms with Crippen molar-refractivity contribution in [2.45, 2.75) is 50.0 Å². The van der Waals surface area contributed by atoms with E-state index >= 15 is 0 Å². The van der Waals surface area contributed by atoms with Gasteiger partial charge in [-0.25, -0.2) is 0 Å². The lowest BCUT2D eigenvalue weighted by molar-refractivity contribution is -0.253. The summed E-state index contributed by atoms with van der Waals surface area (Å²) in [5, 5.41) is 0. The smallest absolute Gasteiger partial charge is 0.223 e. The molecule has 1 saturated heterocycles. The Bertz CT molecular complexity index is 742. The SMILES string of the molecule is COC1CN(C(=O)CC2(c3ccccc3)C3CCC4CCC5CC2C453)C1. The summed E-state index contributed by atoms with van der Waals surface area (Å²) in [5.41, 5.74) is 2.19. The highest BCUT2D eigenvalue weighted by Crippen LogP contribution is 2.87. The van der Waals surface area contributed by atoms with Crippen LogP contribution in [-0.4, -0.2) is 37.1 Å². The predicted molar refractivity (Wildman–Crippen MR) is 99.6 cm³/mol. The molecule has 3 heteroatoms. The van der Waals surface area contributed by atoms with Crippen molar-refractivity contribution in [1.82, 2.24) is 4.90 Å². The van der Waals surface area contributed by atoms with Crippen LogP contribution in [0.25, 0.3) is 0 Å². The van der Waals surface area contributed by atoms with Crippen LogP contribution in [-0.2, 0) is 14.9 Å². The van der Waals surface area contributed by atoms with Gasteiger partial charge in [-0.05, 0) is 66.8 Å². The molecular formula is C23H29NO2. The number of amides is 1. The molecule has 1 spiro atoms. The van der Waals surface area contributed by atoms with Gasteiger partial charge in [0.25, 0.3) is 0 Å². The van der Waals surface area contributed by atoms with Crippen LogP contribution < -0.4 is 0 Å². The van der Waals surface area contributed by atoms with Gasteiger partial charge < -0.3 is 9.64 Å². The van der Waals surface area contributed by atoms with Gasteiger partial charge in [0.15, 0.2) is 0 Å². The molecule has 1 aromatic rings. The van der Waals surface area contributed by atoms with Gasteiger partial charge in [-0.15, -0.1) is 0 Å². The minimum absolute atomic E-state index is 0.117. The van der Waals surface area contributed by atoms with Crippen LogP contribution in [0.4, 0.5) is 0 Å². The van der Waals surface area contributed by atoms with Crippen molar-refractivity contribution >= 4 is 5.91 Å². The van der Waals surface area contributed by atoms with Gasteiger partial charge >= 0.3 is 0 Å². The van der Waals surface area contributed by atoms with Gasteiger partial charge in [-0.1, -0.05) is 30.3 Å². The monoisotopic (exact) mass is 351 g/mol. The van der Waals surface area contributed by atoms with Crippen LogP contribution in [0.2, 0.25) is 0 Å². The number of likely N-dealkylation sites (tertiary alicyclic amines) is 1. The summed E-state index contributed by atoms with van der Waals surface area (Å²) in [7, 11) is 1.75. The number of nitrogens with zero attached hydrogens (tertiary/aromatic N) is 1. The van der Waals surface area contributed by atoms with Crippen LogP contribution in [0.3, 0.4) is 0 Å². The molecule has 26 heavy (non-hydrogen) atoms. The molecular weight excluding hydrogens is 322 g/mol. The summed E-state index contributed by atoms with van der Waals surface area (Å²) in [4.78, 5) is 15.2. The lowest BCUT2D eigenvalue weighted by Crippen LogP contribution is -2.75. The van der Waals surface area contributed by atoms with E-state index < -0.39 is 0 Å². The number of carbonyl (C=O) groups excluding carboxylic acids is 1. The molecule has 0 aromatic heterocycles. The lowest BCUT2D eigenvalue weighted by atomic mass is 9.27. The molecule has 3 nitrogen and oxygen atoms in total. The maximum atomic E-state index is 13.2. The first-order valence-corrected chi connectivity index (χ1v) is 10.6. The van der Waals surface area contributed by atoms with E-state index in [1.54, 1.807) is 7.11 Å². The number of benzene rings is 1. The zero-order chi connectivity index (χ0) is 17.5. The molecule has 4 aliphatic carbocycles. The molecule has 6 unspecified atom stereocenters. The van der Waals surface area contributed by atoms with Crippen LogP contribution >= 0.6 is 0 Å². The Kier molecular flexibility index (Phi) is 3.09. The zero-order valence-corrected chi connectivity index (χ0v) is 15.7. The van der Waals surface area contributed by atoms with Gasteiger partial charge in [0, 0.05) is 32.0 Å². The first kappa shape index (κ1) is 15.7. The number of hydrogen-bond donors (Lipinski definition) is 0. The molecule has 1 heterocycles. The molecule has 1 aliphatic heterocycles. The highest BCUT2D eigenvalue weighted by molar-refractivity contribution is 5.79. The van der Waals surface area contributed by atoms with Crippen molar-refractivity contribution in [3.63, 3.8) is 0 Å². The van der Waals surface area contributed by atoms with E-state index in [2.05, 4.69) is 30.3 Å². The average molecular weight is 351 g/mol. The van der Waals surface area contributed by atoms with E-state index in [0.29, 0.717) is 11.3 Å². The number of rotatable bonds is 4. The second kappa shape index (κ2) is 5.13. The second-order valence-corrected chi connectivity index (χ2v) is 9.63. The molecule has 5 aliphatic rings. The summed E-state index contributed by atoms with van der Waals surface area (Å²) in [6, 6.07) is 11.1. The molecule has 1 amide bonds. The molecule has 4 saturated carbocycles. The summed E-state index contributed by atoms with van der Waals surface area (Å²) in [6.45, 7) is 1.57. The lowest BCUT2D eigenvalue weighted by Gasteiger charge is -2.77. The van der Waals surface area contributed by atoms with Crippen molar-refractivity contribution in [1.29, 1.82) is 0 Å². The van der Waals surface area contributed by atoms with E-state index in [4.69, 9.17) is 4.74 Å². The van der Waals surface area contributed by atoms with Gasteiger partial charge in [0.2, 0.25) is 5.91 Å². The van der Waals surface area contributed by atoms with E-state index in [9.17, 15) is 4.79 Å². The van der Waals surface area contributed by atoms with E-state index in [1.807, 2.05) is 4.90 Å². The van der Waals surface area contributed by atoms with Gasteiger partial charge in [-0.3, -0.25) is 4.79 Å². The largest absolute Gasteiger partial charge is 0.378 e. The second-order valence-electron chi connectivity index (χ2n) is 9.63. The minimum Gasteiger partial charge on any atom is -0.378 e. The normalized spacial score (nSPS) is 45.3. The minimum atomic E-state index is 0.117. The standard InChI is InChI=1S/C23H29NO2/c1-26-18-13-24(14-18)21(25)12-22(15-5-3-2-4-6-15)19-10-9-16-7-8-17-11-20(22)23(16,17)19/h2-6,16-20H,7-14H2,1H3. The van der Waals surface area contributed by atoms with Crippen molar-refractivity contribution in [3.8, 4) is 0 Å². The topological polar surface area (TPSA) is 29.5 Å². The Morgan fingerprint density at radius 1 is 1.08 bits per heavy atom. The number of ether oxygens (including phenoxy) is 1. The molecule has 1 aromatic carbocycles. The number of hydrogen-bond acceptors (Lipinski definition) is 2. The molecule has 5 fully saturated rings. The molecule has 0 radical (unpaired) electrons. The van der Waals surface area contributed by atoms with Gasteiger partial charge in [-0.2, -0.15) is 0 Å². The summed E-state index contributed by atoms with van der Waals surface area (Å²) in [5.74, 6) is 3.80. The highest BCUT2D eigenvalue weighted by atomic mass is 16.5. The molecule has 6 atom stereocenters. The summed E-state index contributed by atoms with van der Waals surface area (Å²) >= 11 is 0. The van der Waals surface area contributed by atoms with Crippen molar-refractivity contribution in [3.05, 3.63) is 35.9 Å². The van der Waals surface area contributed by atoms with E-state index in [1.165, 1.54) is 37.7 Å². The first-order chi connectivity index (χ1) is 12.7. The predicted octanol–water partition coefficient (Wildman–Crippen LogP) is 3.63. The maximum Gasteiger partial charge on any atom is 0.223 e. The fourth-order valence-corrected chi connectivity index (χ4v) is 8.44. The van der Waals surface area contributed by atoms with Gasteiger partial charge in [0.05, 0.1) is 6.10 Å². The zero-order valence-electron chi connectivity index (χ0n) is 15.7. The van der Waals surface area contributed by atoms with Crippen LogP contribution in [0.1, 0.15) is 44.1 Å². The third kappa shape index (κ3) is 1.59. The Labute approximate surface area is 156 Å². The Hall–Kier alpha value is -1.35. The van der Waals surface area contributed by atoms with Crippen molar-refractivity contribution in [2.75, 3.05) is 20.2 Å². The molecule has 138 valence electrons. The molecule has 6 rings (SSSR count). The summed E-state index contributed by atoms with van der Waals surface area (Å²) in [6.07, 6.45) is 8.02. The quantitative estimate of drug-likeness (QED) is 0.829. The van der Waals surface area contributed by atoms with Crippen LogP contribution in [0, 0.1) is 29.1 Å². The van der Waals surface area contributed by atoms with E-state index in [-0.39, 0.29) is 11.5 Å². The van der Waals surface area contributed by atoms with Crippen LogP contribution in [0.5, 0.6) is 0 Å². The Balaban J connectivity index is 1.35. The van der Waals surface area contributed by atoms with Crippen molar-refractivity contribution < 1.29 is 9.53 Å². The van der Waals surface area contributed by atoms with Crippen LogP contribution in [0.15, 0.2) is 30.3 Å². The Morgan fingerprint density at radius 3 is 2.58 bits per heavy atom. The Morgan fingerprint density at radius 2 is 1.81 bits per heavy atom. The number of carbonyl (C=O) groups is 1. The van der Waals surface area contributed by atoms with Crippen molar-refractivity contribution in [2.24, 2.45) is 29.1 Å².